The number of sulfonamides is 1. The van der Waals surface area contributed by atoms with Crippen LogP contribution in [0, 0.1) is 10.1 Å². The van der Waals surface area contributed by atoms with Crippen molar-refractivity contribution in [2.24, 2.45) is 0 Å². The molecule has 0 fully saturated rings. The maximum absolute atomic E-state index is 13.3. The number of aromatic nitrogens is 2. The molecule has 2 aromatic carbocycles. The Bertz CT molecular complexity index is 1300. The van der Waals surface area contributed by atoms with Crippen LogP contribution in [0.4, 0.5) is 11.5 Å². The van der Waals surface area contributed by atoms with Crippen LogP contribution in [-0.4, -0.2) is 48.3 Å². The van der Waals surface area contributed by atoms with E-state index in [1.165, 1.54) is 16.4 Å². The molecular weight excluding hydrogens is 454 g/mol. The Kier molecular flexibility index (Phi) is 5.85. The van der Waals surface area contributed by atoms with Crippen LogP contribution in [0.25, 0.3) is 11.4 Å². The zero-order chi connectivity index (χ0) is 23.0. The van der Waals surface area contributed by atoms with Gasteiger partial charge in [-0.1, -0.05) is 41.9 Å². The monoisotopic (exact) mass is 473 g/mol. The summed E-state index contributed by atoms with van der Waals surface area (Å²) in [5, 5.41) is 11.1. The molecule has 0 saturated carbocycles. The highest BCUT2D eigenvalue weighted by Crippen LogP contribution is 2.33. The van der Waals surface area contributed by atoms with E-state index in [0.717, 1.165) is 17.3 Å². The summed E-state index contributed by atoms with van der Waals surface area (Å²) in [5.41, 5.74) is 1.93. The van der Waals surface area contributed by atoms with E-state index >= 15 is 0 Å². The average molecular weight is 474 g/mol. The van der Waals surface area contributed by atoms with Gasteiger partial charge in [0.1, 0.15) is 10.8 Å². The minimum atomic E-state index is -3.99. The number of halogens is 1. The van der Waals surface area contributed by atoms with Gasteiger partial charge in [0.05, 0.1) is 15.5 Å². The first-order valence-electron chi connectivity index (χ1n) is 9.75. The quantitative estimate of drug-likeness (QED) is 0.412. The fourth-order valence-corrected chi connectivity index (χ4v) is 5.22. The summed E-state index contributed by atoms with van der Waals surface area (Å²) in [6, 6.07) is 13.1. The van der Waals surface area contributed by atoms with Crippen molar-refractivity contribution < 1.29 is 13.3 Å². The van der Waals surface area contributed by atoms with E-state index in [2.05, 4.69) is 4.98 Å². The second-order valence-corrected chi connectivity index (χ2v) is 9.86. The molecule has 0 unspecified atom stereocenters. The van der Waals surface area contributed by atoms with Gasteiger partial charge in [-0.3, -0.25) is 10.1 Å². The first-order valence-corrected chi connectivity index (χ1v) is 11.6. The molecule has 3 aromatic rings. The molecule has 0 atom stereocenters. The Morgan fingerprint density at radius 1 is 1.12 bits per heavy atom. The number of nitrogens with zero attached hydrogens (tertiary/aromatic N) is 5. The van der Waals surface area contributed by atoms with E-state index in [9.17, 15) is 18.5 Å². The molecule has 1 aliphatic rings. The number of benzene rings is 2. The highest BCUT2D eigenvalue weighted by atomic mass is 35.5. The number of hydrogen-bond acceptors (Lipinski definition) is 7. The molecule has 0 spiro atoms. The van der Waals surface area contributed by atoms with Gasteiger partial charge < -0.3 is 4.90 Å². The molecule has 0 radical (unpaired) electrons. The van der Waals surface area contributed by atoms with Crippen LogP contribution in [0.15, 0.2) is 53.4 Å². The van der Waals surface area contributed by atoms with E-state index in [-0.39, 0.29) is 23.0 Å². The number of fused-ring (bicyclic) bond motifs is 1. The number of rotatable bonds is 5. The first kappa shape index (κ1) is 22.1. The predicted molar refractivity (Wildman–Crippen MR) is 121 cm³/mol. The van der Waals surface area contributed by atoms with Crippen molar-refractivity contribution in [3.8, 4) is 11.4 Å². The molecule has 0 amide bonds. The maximum Gasteiger partial charge on any atom is 0.289 e. The second kappa shape index (κ2) is 8.45. The highest BCUT2D eigenvalue weighted by Gasteiger charge is 2.33. The third-order valence-corrected chi connectivity index (χ3v) is 7.37. The normalized spacial score (nSPS) is 14.1. The molecule has 11 heteroatoms. The summed E-state index contributed by atoms with van der Waals surface area (Å²) < 4.78 is 27.8. The molecule has 32 heavy (non-hydrogen) atoms. The Labute approximate surface area is 190 Å². The summed E-state index contributed by atoms with van der Waals surface area (Å²) in [5.74, 6) is 1.22. The van der Waals surface area contributed by atoms with Crippen LogP contribution in [0.5, 0.6) is 0 Å². The molecule has 0 saturated heterocycles. The lowest BCUT2D eigenvalue weighted by Crippen LogP contribution is -2.37. The fraction of sp³-hybridized carbons (Fsp3) is 0.238. The standard InChI is InChI=1S/C21H20ClN5O4S/c1-25(2)21-16-13-26(32(30,31)15-8-9-17(22)19(12-15)27(28)29)11-10-18(16)23-20(24-21)14-6-4-3-5-7-14/h3-9,12H,10-11,13H2,1-2H3. The van der Waals surface area contributed by atoms with Gasteiger partial charge in [0.15, 0.2) is 5.82 Å². The van der Waals surface area contributed by atoms with Crippen molar-refractivity contribution in [1.29, 1.82) is 0 Å². The highest BCUT2D eigenvalue weighted by molar-refractivity contribution is 7.89. The third kappa shape index (κ3) is 4.04. The summed E-state index contributed by atoms with van der Waals surface area (Å²) in [6.07, 6.45) is 0.396. The van der Waals surface area contributed by atoms with Gasteiger partial charge in [-0.05, 0) is 12.1 Å². The molecular formula is C21H20ClN5O4S. The molecule has 1 aliphatic heterocycles. The summed E-state index contributed by atoms with van der Waals surface area (Å²) in [7, 11) is -0.305. The van der Waals surface area contributed by atoms with Crippen molar-refractivity contribution in [3.63, 3.8) is 0 Å². The van der Waals surface area contributed by atoms with Crippen LogP contribution in [0.2, 0.25) is 5.02 Å². The van der Waals surface area contributed by atoms with Crippen LogP contribution in [0.3, 0.4) is 0 Å². The lowest BCUT2D eigenvalue weighted by molar-refractivity contribution is -0.384. The van der Waals surface area contributed by atoms with Gasteiger partial charge in [-0.15, -0.1) is 0 Å². The lowest BCUT2D eigenvalue weighted by Gasteiger charge is -2.30. The van der Waals surface area contributed by atoms with Gasteiger partial charge in [0, 0.05) is 50.8 Å². The van der Waals surface area contributed by atoms with Crippen molar-refractivity contribution in [2.45, 2.75) is 17.9 Å². The molecule has 2 heterocycles. The van der Waals surface area contributed by atoms with Gasteiger partial charge in [-0.2, -0.15) is 4.31 Å². The molecule has 0 bridgehead atoms. The SMILES string of the molecule is CN(C)c1nc(-c2ccccc2)nc2c1CN(S(=O)(=O)c1ccc(Cl)c([N+](=O)[O-])c1)CC2. The van der Waals surface area contributed by atoms with E-state index in [4.69, 9.17) is 16.6 Å². The molecule has 1 aromatic heterocycles. The molecule has 4 rings (SSSR count). The second-order valence-electron chi connectivity index (χ2n) is 7.52. The van der Waals surface area contributed by atoms with E-state index in [1.54, 1.807) is 0 Å². The van der Waals surface area contributed by atoms with E-state index in [0.29, 0.717) is 23.6 Å². The Balaban J connectivity index is 1.73. The Morgan fingerprint density at radius 3 is 2.50 bits per heavy atom. The van der Waals surface area contributed by atoms with Crippen LogP contribution >= 0.6 is 11.6 Å². The summed E-state index contributed by atoms with van der Waals surface area (Å²) >= 11 is 5.84. The smallest absolute Gasteiger partial charge is 0.289 e. The van der Waals surface area contributed by atoms with Crippen LogP contribution < -0.4 is 4.90 Å². The van der Waals surface area contributed by atoms with Crippen molar-refractivity contribution in [2.75, 3.05) is 25.5 Å². The molecule has 166 valence electrons. The molecule has 0 aliphatic carbocycles. The van der Waals surface area contributed by atoms with Crippen LogP contribution in [0.1, 0.15) is 11.3 Å². The first-order chi connectivity index (χ1) is 15.2. The largest absolute Gasteiger partial charge is 0.362 e. The molecule has 9 nitrogen and oxygen atoms in total. The Morgan fingerprint density at radius 2 is 1.84 bits per heavy atom. The minimum Gasteiger partial charge on any atom is -0.362 e. The van der Waals surface area contributed by atoms with Crippen molar-refractivity contribution in [1.82, 2.24) is 14.3 Å². The van der Waals surface area contributed by atoms with Gasteiger partial charge in [-0.25, -0.2) is 18.4 Å². The lowest BCUT2D eigenvalue weighted by atomic mass is 10.1. The maximum atomic E-state index is 13.3. The average Bonchev–Trinajstić information content (AvgIpc) is 2.78. The van der Waals surface area contributed by atoms with Crippen molar-refractivity contribution in [3.05, 3.63) is 74.9 Å². The third-order valence-electron chi connectivity index (χ3n) is 5.21. The number of nitro groups is 1. The predicted octanol–water partition coefficient (Wildman–Crippen LogP) is 3.52. The van der Waals surface area contributed by atoms with Crippen molar-refractivity contribution >= 4 is 33.1 Å². The zero-order valence-corrected chi connectivity index (χ0v) is 19.0. The number of nitro benzene ring substituents is 1. The fourth-order valence-electron chi connectivity index (χ4n) is 3.61. The van der Waals surface area contributed by atoms with E-state index < -0.39 is 20.6 Å². The summed E-state index contributed by atoms with van der Waals surface area (Å²) in [4.78, 5) is 21.5. The van der Waals surface area contributed by atoms with Gasteiger partial charge >= 0.3 is 0 Å². The van der Waals surface area contributed by atoms with Gasteiger partial charge in [0.2, 0.25) is 10.0 Å². The Hall–Kier alpha value is -3.08. The van der Waals surface area contributed by atoms with Gasteiger partial charge in [0.25, 0.3) is 5.69 Å². The zero-order valence-electron chi connectivity index (χ0n) is 17.4. The number of anilines is 1. The summed E-state index contributed by atoms with van der Waals surface area (Å²) in [6.45, 7) is 0.264. The minimum absolute atomic E-state index is 0.0661. The van der Waals surface area contributed by atoms with E-state index in [1.807, 2.05) is 49.3 Å². The molecule has 0 N–H and O–H groups in total. The van der Waals surface area contributed by atoms with Crippen LogP contribution in [-0.2, 0) is 23.0 Å². The topological polar surface area (TPSA) is 110 Å². The number of hydrogen-bond donors (Lipinski definition) is 0.